The van der Waals surface area contributed by atoms with Crippen LogP contribution in [0.4, 0.5) is 24.5 Å². The van der Waals surface area contributed by atoms with E-state index in [9.17, 15) is 28.1 Å². The molecule has 0 bridgehead atoms. The number of nitrogens with one attached hydrogen (secondary N) is 1. The van der Waals surface area contributed by atoms with Gasteiger partial charge in [0.1, 0.15) is 4.88 Å². The van der Waals surface area contributed by atoms with Gasteiger partial charge < -0.3 is 5.32 Å². The van der Waals surface area contributed by atoms with Gasteiger partial charge in [-0.25, -0.2) is 0 Å². The largest absolute Gasteiger partial charge is 0.416 e. The second-order valence-electron chi connectivity index (χ2n) is 5.86. The van der Waals surface area contributed by atoms with Gasteiger partial charge in [-0.2, -0.15) is 13.2 Å². The van der Waals surface area contributed by atoms with Crippen molar-refractivity contribution in [2.45, 2.75) is 16.8 Å². The van der Waals surface area contributed by atoms with Gasteiger partial charge in [0.2, 0.25) is 0 Å². The number of carbonyl (C=O) groups excluding carboxylic acids is 1. The van der Waals surface area contributed by atoms with Crippen LogP contribution in [0.15, 0.2) is 64.9 Å². The summed E-state index contributed by atoms with van der Waals surface area (Å²) in [5.41, 5.74) is 0.348. The summed E-state index contributed by atoms with van der Waals surface area (Å²) in [7, 11) is 0. The first-order valence-electron chi connectivity index (χ1n) is 8.16. The Labute approximate surface area is 171 Å². The summed E-state index contributed by atoms with van der Waals surface area (Å²) in [6, 6.07) is 12.2. The highest BCUT2D eigenvalue weighted by atomic mass is 32.2. The number of benzene rings is 2. The number of thiophene rings is 1. The Morgan fingerprint density at radius 1 is 1.07 bits per heavy atom. The highest BCUT2D eigenvalue weighted by Gasteiger charge is 2.30. The van der Waals surface area contributed by atoms with E-state index in [1.807, 2.05) is 0 Å². The van der Waals surface area contributed by atoms with E-state index in [4.69, 9.17) is 0 Å². The molecule has 5 nitrogen and oxygen atoms in total. The van der Waals surface area contributed by atoms with Crippen LogP contribution in [0.3, 0.4) is 0 Å². The molecule has 10 heteroatoms. The third-order valence-corrected chi connectivity index (χ3v) is 6.02. The molecule has 0 atom stereocenters. The molecule has 1 amide bonds. The van der Waals surface area contributed by atoms with Gasteiger partial charge in [-0.05, 0) is 41.3 Å². The highest BCUT2D eigenvalue weighted by Crippen LogP contribution is 2.32. The average molecular weight is 438 g/mol. The topological polar surface area (TPSA) is 72.2 Å². The number of thioether (sulfide) groups is 1. The van der Waals surface area contributed by atoms with Crippen LogP contribution in [0.1, 0.15) is 20.8 Å². The normalized spacial score (nSPS) is 11.3. The number of non-ortho nitro benzene ring substituents is 1. The molecule has 1 N–H and O–H groups in total. The van der Waals surface area contributed by atoms with Crippen molar-refractivity contribution in [3.63, 3.8) is 0 Å². The maximum atomic E-state index is 12.6. The number of nitro benzene ring substituents is 1. The Kier molecular flexibility index (Phi) is 6.23. The first-order valence-corrected chi connectivity index (χ1v) is 10.0. The zero-order valence-corrected chi connectivity index (χ0v) is 16.2. The van der Waals surface area contributed by atoms with Crippen molar-refractivity contribution < 1.29 is 22.9 Å². The lowest BCUT2D eigenvalue weighted by atomic mass is 10.2. The van der Waals surface area contributed by atoms with Crippen molar-refractivity contribution >= 4 is 40.4 Å². The number of rotatable bonds is 6. The third kappa shape index (κ3) is 5.36. The maximum Gasteiger partial charge on any atom is 0.416 e. The maximum absolute atomic E-state index is 12.6. The average Bonchev–Trinajstić information content (AvgIpc) is 3.15. The number of halogens is 3. The Morgan fingerprint density at radius 3 is 2.31 bits per heavy atom. The minimum absolute atomic E-state index is 0.00546. The van der Waals surface area contributed by atoms with Crippen LogP contribution in [0.25, 0.3) is 0 Å². The van der Waals surface area contributed by atoms with Crippen molar-refractivity contribution in [2.24, 2.45) is 0 Å². The van der Waals surface area contributed by atoms with Crippen molar-refractivity contribution in [1.29, 1.82) is 0 Å². The summed E-state index contributed by atoms with van der Waals surface area (Å²) in [5, 5.41) is 15.0. The fourth-order valence-corrected chi connectivity index (χ4v) is 4.37. The van der Waals surface area contributed by atoms with Crippen molar-refractivity contribution in [2.75, 3.05) is 5.32 Å². The van der Waals surface area contributed by atoms with Crippen molar-refractivity contribution in [3.05, 3.63) is 86.1 Å². The van der Waals surface area contributed by atoms with Gasteiger partial charge in [0.25, 0.3) is 11.6 Å². The molecule has 3 aromatic rings. The van der Waals surface area contributed by atoms with E-state index in [-0.39, 0.29) is 11.4 Å². The molecule has 0 saturated carbocycles. The van der Waals surface area contributed by atoms with Crippen LogP contribution >= 0.6 is 23.1 Å². The van der Waals surface area contributed by atoms with Gasteiger partial charge in [-0.1, -0.05) is 12.1 Å². The second kappa shape index (κ2) is 8.66. The molecule has 0 spiro atoms. The lowest BCUT2D eigenvalue weighted by molar-refractivity contribution is -0.384. The number of nitro groups is 1. The smallest absolute Gasteiger partial charge is 0.321 e. The summed E-state index contributed by atoms with van der Waals surface area (Å²) in [6.45, 7) is 0. The Hall–Kier alpha value is -2.85. The lowest BCUT2D eigenvalue weighted by Gasteiger charge is -2.09. The minimum Gasteiger partial charge on any atom is -0.321 e. The number of alkyl halides is 3. The summed E-state index contributed by atoms with van der Waals surface area (Å²) in [6.07, 6.45) is -4.43. The zero-order valence-electron chi connectivity index (χ0n) is 14.6. The number of hydrogen-bond donors (Lipinski definition) is 1. The van der Waals surface area contributed by atoms with Crippen LogP contribution in [-0.4, -0.2) is 10.8 Å². The molecular formula is C19H13F3N2O3S2. The molecule has 1 aromatic heterocycles. The first-order chi connectivity index (χ1) is 13.7. The van der Waals surface area contributed by atoms with E-state index in [0.717, 1.165) is 22.6 Å². The van der Waals surface area contributed by atoms with E-state index in [0.29, 0.717) is 10.6 Å². The zero-order chi connectivity index (χ0) is 21.0. The van der Waals surface area contributed by atoms with Gasteiger partial charge in [-0.3, -0.25) is 14.9 Å². The van der Waals surface area contributed by atoms with Crippen LogP contribution < -0.4 is 5.32 Å². The summed E-state index contributed by atoms with van der Waals surface area (Å²) in [5.74, 6) is 0.0981. The number of anilines is 1. The number of carbonyl (C=O) groups is 1. The summed E-state index contributed by atoms with van der Waals surface area (Å²) < 4.78 is 37.9. The molecule has 0 unspecified atom stereocenters. The first kappa shape index (κ1) is 20.9. The molecule has 0 aliphatic rings. The van der Waals surface area contributed by atoms with Crippen LogP contribution in [-0.2, 0) is 11.9 Å². The number of amides is 1. The number of nitrogens with zero attached hydrogens (tertiary/aromatic N) is 1. The molecule has 0 radical (unpaired) electrons. The Balaban J connectivity index is 1.64. The standard InChI is InChI=1S/C19H13F3N2O3S2/c20-19(21,22)13-3-5-14(6-4-13)23-18(25)17-16(9-10-28-17)29-11-12-1-7-15(8-2-12)24(26)27/h1-10H,11H2,(H,23,25). The van der Waals surface area contributed by atoms with Gasteiger partial charge >= 0.3 is 6.18 Å². The molecular weight excluding hydrogens is 425 g/mol. The number of hydrogen-bond acceptors (Lipinski definition) is 5. The van der Waals surface area contributed by atoms with Crippen LogP contribution in [0.5, 0.6) is 0 Å². The van der Waals surface area contributed by atoms with Crippen LogP contribution in [0, 0.1) is 10.1 Å². The van der Waals surface area contributed by atoms with E-state index in [2.05, 4.69) is 5.32 Å². The van der Waals surface area contributed by atoms with Gasteiger partial charge in [-0.15, -0.1) is 23.1 Å². The van der Waals surface area contributed by atoms with E-state index in [1.54, 1.807) is 23.6 Å². The predicted molar refractivity (Wildman–Crippen MR) is 106 cm³/mol. The van der Waals surface area contributed by atoms with Crippen LogP contribution in [0.2, 0.25) is 0 Å². The predicted octanol–water partition coefficient (Wildman–Crippen LogP) is 6.22. The molecule has 29 heavy (non-hydrogen) atoms. The molecule has 3 rings (SSSR count). The Bertz CT molecular complexity index is 1020. The second-order valence-corrected chi connectivity index (χ2v) is 7.79. The van der Waals surface area contributed by atoms with Gasteiger partial charge in [0.15, 0.2) is 0 Å². The van der Waals surface area contributed by atoms with Gasteiger partial charge in [0, 0.05) is 28.5 Å². The monoisotopic (exact) mass is 438 g/mol. The SMILES string of the molecule is O=C(Nc1ccc(C(F)(F)F)cc1)c1sccc1SCc1ccc([N+](=O)[O-])cc1. The third-order valence-electron chi connectivity index (χ3n) is 3.85. The minimum atomic E-state index is -4.43. The van der Waals surface area contributed by atoms with Crippen molar-refractivity contribution in [1.82, 2.24) is 0 Å². The van der Waals surface area contributed by atoms with Crippen molar-refractivity contribution in [3.8, 4) is 0 Å². The molecule has 0 saturated heterocycles. The molecule has 150 valence electrons. The molecule has 1 heterocycles. The lowest BCUT2D eigenvalue weighted by Crippen LogP contribution is -2.11. The van der Waals surface area contributed by atoms with E-state index in [1.165, 1.54) is 47.4 Å². The molecule has 0 aliphatic heterocycles. The summed E-state index contributed by atoms with van der Waals surface area (Å²) in [4.78, 5) is 23.9. The molecule has 0 fully saturated rings. The summed E-state index contributed by atoms with van der Waals surface area (Å²) >= 11 is 2.62. The fourth-order valence-electron chi connectivity index (χ4n) is 2.38. The fraction of sp³-hybridized carbons (Fsp3) is 0.105. The molecule has 0 aliphatic carbocycles. The van der Waals surface area contributed by atoms with E-state index < -0.39 is 22.6 Å². The van der Waals surface area contributed by atoms with Gasteiger partial charge in [0.05, 0.1) is 10.5 Å². The Morgan fingerprint density at radius 2 is 1.72 bits per heavy atom. The van der Waals surface area contributed by atoms with E-state index >= 15 is 0 Å². The molecule has 2 aromatic carbocycles. The highest BCUT2D eigenvalue weighted by molar-refractivity contribution is 7.98. The quantitative estimate of drug-likeness (QED) is 0.282.